The van der Waals surface area contributed by atoms with Crippen LogP contribution >= 0.6 is 0 Å². The minimum absolute atomic E-state index is 0.297. The summed E-state index contributed by atoms with van der Waals surface area (Å²) in [6.07, 6.45) is 4.04. The SMILES string of the molecule is BC1CCCC2=C1C(C(C)C)C1(COC1)N2C(C)C. The second-order valence-corrected chi connectivity index (χ2v) is 7.48. The van der Waals surface area contributed by atoms with E-state index in [2.05, 4.69) is 40.4 Å². The van der Waals surface area contributed by atoms with E-state index in [9.17, 15) is 0 Å². The Morgan fingerprint density at radius 1 is 1.26 bits per heavy atom. The van der Waals surface area contributed by atoms with E-state index in [1.54, 1.807) is 11.3 Å². The zero-order valence-electron chi connectivity index (χ0n) is 13.2. The van der Waals surface area contributed by atoms with Crippen LogP contribution in [0.25, 0.3) is 0 Å². The fourth-order valence-electron chi connectivity index (χ4n) is 5.05. The minimum Gasteiger partial charge on any atom is -0.376 e. The molecule has 1 saturated heterocycles. The van der Waals surface area contributed by atoms with Crippen LogP contribution in [0.3, 0.4) is 0 Å². The van der Waals surface area contributed by atoms with Gasteiger partial charge in [0.1, 0.15) is 7.85 Å². The molecule has 0 radical (unpaired) electrons. The van der Waals surface area contributed by atoms with Crippen molar-refractivity contribution in [3.05, 3.63) is 11.3 Å². The number of ether oxygens (including phenoxy) is 1. The van der Waals surface area contributed by atoms with Gasteiger partial charge in [0.25, 0.3) is 0 Å². The molecule has 2 nitrogen and oxygen atoms in total. The molecular formula is C16H28BNO. The van der Waals surface area contributed by atoms with E-state index in [1.807, 2.05) is 0 Å². The van der Waals surface area contributed by atoms with Crippen LogP contribution in [0.4, 0.5) is 0 Å². The van der Waals surface area contributed by atoms with Gasteiger partial charge in [-0.05, 0) is 44.0 Å². The van der Waals surface area contributed by atoms with Crippen LogP contribution in [0.1, 0.15) is 47.0 Å². The first-order valence-electron chi connectivity index (χ1n) is 8.09. The van der Waals surface area contributed by atoms with Gasteiger partial charge in [-0.25, -0.2) is 0 Å². The quantitative estimate of drug-likeness (QED) is 0.708. The predicted octanol–water partition coefficient (Wildman–Crippen LogP) is 2.61. The topological polar surface area (TPSA) is 12.5 Å². The van der Waals surface area contributed by atoms with Crippen LogP contribution in [-0.2, 0) is 4.74 Å². The summed E-state index contributed by atoms with van der Waals surface area (Å²) < 4.78 is 5.69. The van der Waals surface area contributed by atoms with Crippen LogP contribution < -0.4 is 0 Å². The molecule has 0 aromatic rings. The number of hydrogen-bond acceptors (Lipinski definition) is 2. The third-order valence-corrected chi connectivity index (χ3v) is 5.49. The predicted molar refractivity (Wildman–Crippen MR) is 82.0 cm³/mol. The van der Waals surface area contributed by atoms with Crippen molar-refractivity contribution in [3.63, 3.8) is 0 Å². The molecule has 3 aliphatic rings. The second-order valence-electron chi connectivity index (χ2n) is 7.48. The first kappa shape index (κ1) is 13.5. The lowest BCUT2D eigenvalue weighted by molar-refractivity contribution is -0.155. The number of rotatable bonds is 2. The molecule has 1 spiro atoms. The van der Waals surface area contributed by atoms with Gasteiger partial charge in [0.05, 0.1) is 18.8 Å². The van der Waals surface area contributed by atoms with Gasteiger partial charge in [0.15, 0.2) is 0 Å². The van der Waals surface area contributed by atoms with E-state index in [0.29, 0.717) is 17.5 Å². The van der Waals surface area contributed by atoms with Gasteiger partial charge in [-0.1, -0.05) is 20.3 Å². The summed E-state index contributed by atoms with van der Waals surface area (Å²) in [7, 11) is 2.45. The van der Waals surface area contributed by atoms with Gasteiger partial charge in [0, 0.05) is 17.7 Å². The van der Waals surface area contributed by atoms with Crippen molar-refractivity contribution in [2.45, 2.75) is 64.4 Å². The Balaban J connectivity index is 2.09. The number of hydrogen-bond donors (Lipinski definition) is 0. The molecule has 2 aliphatic heterocycles. The summed E-state index contributed by atoms with van der Waals surface area (Å²) in [6.45, 7) is 11.4. The molecule has 1 aliphatic carbocycles. The van der Waals surface area contributed by atoms with Gasteiger partial charge < -0.3 is 9.64 Å². The van der Waals surface area contributed by atoms with Crippen LogP contribution in [0.5, 0.6) is 0 Å². The molecule has 19 heavy (non-hydrogen) atoms. The molecule has 0 amide bonds. The summed E-state index contributed by atoms with van der Waals surface area (Å²) in [5.41, 5.74) is 3.78. The molecule has 3 rings (SSSR count). The Labute approximate surface area is 119 Å². The second kappa shape index (κ2) is 4.54. The smallest absolute Gasteiger partial charge is 0.110 e. The Hall–Kier alpha value is -0.435. The van der Waals surface area contributed by atoms with Crippen molar-refractivity contribution in [2.24, 2.45) is 11.8 Å². The van der Waals surface area contributed by atoms with Crippen molar-refractivity contribution in [3.8, 4) is 0 Å². The highest BCUT2D eigenvalue weighted by Crippen LogP contribution is 2.56. The van der Waals surface area contributed by atoms with E-state index in [0.717, 1.165) is 24.9 Å². The van der Waals surface area contributed by atoms with E-state index in [1.165, 1.54) is 19.3 Å². The van der Waals surface area contributed by atoms with Crippen LogP contribution in [0, 0.1) is 11.8 Å². The minimum atomic E-state index is 0.297. The van der Waals surface area contributed by atoms with E-state index in [4.69, 9.17) is 4.74 Å². The first-order valence-corrected chi connectivity index (χ1v) is 8.09. The first-order chi connectivity index (χ1) is 8.99. The third-order valence-electron chi connectivity index (χ3n) is 5.49. The third kappa shape index (κ3) is 1.73. The Kier molecular flexibility index (Phi) is 3.24. The summed E-state index contributed by atoms with van der Waals surface area (Å²) in [6, 6.07) is 0.600. The Morgan fingerprint density at radius 2 is 1.95 bits per heavy atom. The van der Waals surface area contributed by atoms with Gasteiger partial charge in [-0.2, -0.15) is 0 Å². The fourth-order valence-corrected chi connectivity index (χ4v) is 5.05. The highest BCUT2D eigenvalue weighted by molar-refractivity contribution is 6.14. The molecule has 2 heterocycles. The van der Waals surface area contributed by atoms with E-state index < -0.39 is 0 Å². The maximum absolute atomic E-state index is 5.69. The lowest BCUT2D eigenvalue weighted by Gasteiger charge is -2.53. The molecule has 2 atom stereocenters. The molecule has 0 aromatic carbocycles. The zero-order valence-corrected chi connectivity index (χ0v) is 13.2. The average Bonchev–Trinajstić information content (AvgIpc) is 2.60. The Bertz CT molecular complexity index is 398. The number of nitrogens with zero attached hydrogens (tertiary/aromatic N) is 1. The normalized spacial score (nSPS) is 33.3. The van der Waals surface area contributed by atoms with Crippen LogP contribution in [0.15, 0.2) is 11.3 Å². The standard InChI is InChI=1S/C16H28BNO/c1-10(2)15-14-12(17)6-5-7-13(14)18(11(3)4)16(15)8-19-9-16/h10-12,15H,5-9,17H2,1-4H3. The average molecular weight is 261 g/mol. The van der Waals surface area contributed by atoms with E-state index in [-0.39, 0.29) is 0 Å². The summed E-state index contributed by atoms with van der Waals surface area (Å²) in [5.74, 6) is 2.21. The van der Waals surface area contributed by atoms with Gasteiger partial charge >= 0.3 is 0 Å². The molecular weight excluding hydrogens is 233 g/mol. The molecule has 106 valence electrons. The molecule has 1 fully saturated rings. The van der Waals surface area contributed by atoms with Crippen molar-refractivity contribution in [1.82, 2.24) is 4.90 Å². The maximum Gasteiger partial charge on any atom is 0.110 e. The van der Waals surface area contributed by atoms with E-state index >= 15 is 0 Å². The zero-order chi connectivity index (χ0) is 13.8. The van der Waals surface area contributed by atoms with Gasteiger partial charge in [-0.15, -0.1) is 0 Å². The molecule has 0 saturated carbocycles. The fraction of sp³-hybridized carbons (Fsp3) is 0.875. The summed E-state index contributed by atoms with van der Waals surface area (Å²) >= 11 is 0. The number of allylic oxidation sites excluding steroid dienone is 1. The molecule has 0 bridgehead atoms. The largest absolute Gasteiger partial charge is 0.376 e. The summed E-state index contributed by atoms with van der Waals surface area (Å²) in [5, 5.41) is 0. The van der Waals surface area contributed by atoms with Crippen LogP contribution in [-0.4, -0.2) is 37.5 Å². The Morgan fingerprint density at radius 3 is 2.42 bits per heavy atom. The maximum atomic E-state index is 5.69. The van der Waals surface area contributed by atoms with Crippen molar-refractivity contribution in [2.75, 3.05) is 13.2 Å². The van der Waals surface area contributed by atoms with Crippen molar-refractivity contribution in [1.29, 1.82) is 0 Å². The molecule has 0 N–H and O–H groups in total. The monoisotopic (exact) mass is 261 g/mol. The molecule has 2 unspecified atom stereocenters. The van der Waals surface area contributed by atoms with Crippen molar-refractivity contribution < 1.29 is 4.74 Å². The highest BCUT2D eigenvalue weighted by Gasteiger charge is 2.59. The lowest BCUT2D eigenvalue weighted by Crippen LogP contribution is -2.65. The summed E-state index contributed by atoms with van der Waals surface area (Å²) in [4.78, 5) is 2.76. The lowest BCUT2D eigenvalue weighted by atomic mass is 9.63. The van der Waals surface area contributed by atoms with Gasteiger partial charge in [-0.3, -0.25) is 0 Å². The van der Waals surface area contributed by atoms with Crippen molar-refractivity contribution >= 4 is 7.85 Å². The molecule has 3 heteroatoms. The highest BCUT2D eigenvalue weighted by atomic mass is 16.5. The molecule has 0 aromatic heterocycles. The van der Waals surface area contributed by atoms with Crippen LogP contribution in [0.2, 0.25) is 5.82 Å². The van der Waals surface area contributed by atoms with Gasteiger partial charge in [0.2, 0.25) is 0 Å².